The van der Waals surface area contributed by atoms with E-state index in [0.717, 1.165) is 49.4 Å². The number of benzene rings is 1. The van der Waals surface area contributed by atoms with Gasteiger partial charge in [0.25, 0.3) is 0 Å². The first-order valence-electron chi connectivity index (χ1n) is 9.10. The fourth-order valence-corrected chi connectivity index (χ4v) is 3.51. The highest BCUT2D eigenvalue weighted by Crippen LogP contribution is 2.31. The van der Waals surface area contributed by atoms with Gasteiger partial charge >= 0.3 is 0 Å². The van der Waals surface area contributed by atoms with Crippen molar-refractivity contribution in [3.8, 4) is 0 Å². The van der Waals surface area contributed by atoms with Crippen LogP contribution in [0.15, 0.2) is 30.5 Å². The Morgan fingerprint density at radius 3 is 2.32 bits per heavy atom. The van der Waals surface area contributed by atoms with Crippen LogP contribution in [0, 0.1) is 11.8 Å². The molecule has 1 heterocycles. The van der Waals surface area contributed by atoms with Gasteiger partial charge in [-0.1, -0.05) is 31.0 Å². The van der Waals surface area contributed by atoms with Gasteiger partial charge in [-0.3, -0.25) is 19.0 Å². The maximum Gasteiger partial charge on any atom is 0.234 e. The quantitative estimate of drug-likeness (QED) is 0.851. The van der Waals surface area contributed by atoms with Gasteiger partial charge in [0.05, 0.1) is 12.1 Å². The molecule has 0 radical (unpaired) electrons. The van der Waals surface area contributed by atoms with E-state index in [9.17, 15) is 14.4 Å². The summed E-state index contributed by atoms with van der Waals surface area (Å²) in [6.45, 7) is -0.0129. The van der Waals surface area contributed by atoms with E-state index >= 15 is 0 Å². The van der Waals surface area contributed by atoms with Crippen LogP contribution >= 0.6 is 0 Å². The van der Waals surface area contributed by atoms with E-state index < -0.39 is 0 Å². The predicted octanol–water partition coefficient (Wildman–Crippen LogP) is 3.18. The van der Waals surface area contributed by atoms with Gasteiger partial charge < -0.3 is 5.32 Å². The summed E-state index contributed by atoms with van der Waals surface area (Å²) >= 11 is 0. The van der Waals surface area contributed by atoms with Crippen LogP contribution in [0.2, 0.25) is 0 Å². The third-order valence-electron chi connectivity index (χ3n) is 5.60. The van der Waals surface area contributed by atoms with Gasteiger partial charge in [-0.25, -0.2) is 0 Å². The first kappa shape index (κ1) is 16.1. The number of fused-ring (bicyclic) bond motifs is 1. The normalized spacial score (nSPS) is 17.8. The number of amides is 1. The van der Waals surface area contributed by atoms with E-state index in [0.29, 0.717) is 5.56 Å². The molecule has 0 saturated heterocycles. The molecule has 0 atom stereocenters. The fraction of sp³-hybridized carbons (Fsp3) is 0.450. The first-order chi connectivity index (χ1) is 12.1. The van der Waals surface area contributed by atoms with Gasteiger partial charge in [0.15, 0.2) is 5.78 Å². The zero-order valence-electron chi connectivity index (χ0n) is 14.2. The van der Waals surface area contributed by atoms with Gasteiger partial charge in [0, 0.05) is 29.0 Å². The van der Waals surface area contributed by atoms with Crippen LogP contribution in [-0.2, 0) is 4.79 Å². The molecule has 5 nitrogen and oxygen atoms in total. The summed E-state index contributed by atoms with van der Waals surface area (Å²) in [4.78, 5) is 37.3. The van der Waals surface area contributed by atoms with Crippen LogP contribution in [0.1, 0.15) is 53.7 Å². The number of rotatable bonds is 5. The first-order valence-corrected chi connectivity index (χ1v) is 9.10. The monoisotopic (exact) mass is 338 g/mol. The van der Waals surface area contributed by atoms with Crippen molar-refractivity contribution >= 4 is 28.5 Å². The number of nitrogens with one attached hydrogen (secondary N) is 1. The van der Waals surface area contributed by atoms with E-state index in [1.54, 1.807) is 10.8 Å². The van der Waals surface area contributed by atoms with Crippen LogP contribution in [-0.4, -0.2) is 28.7 Å². The number of nitrogens with zero attached hydrogens (tertiary/aromatic N) is 1. The molecule has 1 aromatic heterocycles. The lowest BCUT2D eigenvalue weighted by Crippen LogP contribution is -2.37. The SMILES string of the molecule is O=C(CNC(=O)C1CCC1)c1cn(C(=O)C2CCC2)c2ccccc12. The molecule has 4 rings (SSSR count). The number of carbonyl (C=O) groups is 3. The van der Waals surface area contributed by atoms with Crippen LogP contribution in [0.5, 0.6) is 0 Å². The predicted molar refractivity (Wildman–Crippen MR) is 94.6 cm³/mol. The Morgan fingerprint density at radius 1 is 1.00 bits per heavy atom. The number of aromatic nitrogens is 1. The summed E-state index contributed by atoms with van der Waals surface area (Å²) in [5.41, 5.74) is 1.28. The summed E-state index contributed by atoms with van der Waals surface area (Å²) in [6, 6.07) is 7.47. The number of para-hydroxylation sites is 1. The topological polar surface area (TPSA) is 68.2 Å². The lowest BCUT2D eigenvalue weighted by atomic mass is 9.85. The minimum atomic E-state index is -0.149. The van der Waals surface area contributed by atoms with E-state index in [1.807, 2.05) is 24.3 Å². The van der Waals surface area contributed by atoms with Gasteiger partial charge in [-0.15, -0.1) is 0 Å². The Labute approximate surface area is 146 Å². The van der Waals surface area contributed by atoms with Crippen LogP contribution in [0.25, 0.3) is 10.9 Å². The molecule has 1 N–H and O–H groups in total. The van der Waals surface area contributed by atoms with Crippen molar-refractivity contribution in [2.45, 2.75) is 38.5 Å². The molecule has 1 aromatic carbocycles. The molecule has 2 fully saturated rings. The zero-order valence-corrected chi connectivity index (χ0v) is 14.2. The van der Waals surface area contributed by atoms with Crippen molar-refractivity contribution in [3.05, 3.63) is 36.0 Å². The highest BCUT2D eigenvalue weighted by Gasteiger charge is 2.29. The third kappa shape index (κ3) is 2.88. The Kier molecular flexibility index (Phi) is 4.15. The lowest BCUT2D eigenvalue weighted by molar-refractivity contribution is -0.127. The zero-order chi connectivity index (χ0) is 17.4. The molecule has 2 saturated carbocycles. The van der Waals surface area contributed by atoms with Crippen molar-refractivity contribution < 1.29 is 14.4 Å². The van der Waals surface area contributed by atoms with Crippen molar-refractivity contribution in [1.29, 1.82) is 0 Å². The van der Waals surface area contributed by atoms with Gasteiger partial charge in [-0.05, 0) is 31.7 Å². The van der Waals surface area contributed by atoms with E-state index in [1.165, 1.54) is 0 Å². The molecule has 0 spiro atoms. The second kappa shape index (κ2) is 6.47. The van der Waals surface area contributed by atoms with E-state index in [4.69, 9.17) is 0 Å². The fourth-order valence-electron chi connectivity index (χ4n) is 3.51. The summed E-state index contributed by atoms with van der Waals surface area (Å²) in [5.74, 6) is 0.0179. The molecular weight excluding hydrogens is 316 g/mol. The summed E-state index contributed by atoms with van der Waals surface area (Å²) in [5, 5.41) is 3.52. The second-order valence-corrected chi connectivity index (χ2v) is 7.16. The molecule has 2 aromatic rings. The minimum absolute atomic E-state index is 0.0129. The van der Waals surface area contributed by atoms with Crippen molar-refractivity contribution in [3.63, 3.8) is 0 Å². The number of Topliss-reactive ketones (excluding diaryl/α,β-unsaturated/α-hetero) is 1. The largest absolute Gasteiger partial charge is 0.348 e. The molecule has 130 valence electrons. The van der Waals surface area contributed by atoms with Gasteiger partial charge in [0.2, 0.25) is 11.8 Å². The highest BCUT2D eigenvalue weighted by atomic mass is 16.2. The number of ketones is 1. The lowest BCUT2D eigenvalue weighted by Gasteiger charge is -2.24. The maximum absolute atomic E-state index is 12.7. The maximum atomic E-state index is 12.7. The Bertz CT molecular complexity index is 844. The molecule has 5 heteroatoms. The molecule has 0 bridgehead atoms. The highest BCUT2D eigenvalue weighted by molar-refractivity contribution is 6.11. The van der Waals surface area contributed by atoms with Crippen molar-refractivity contribution in [2.24, 2.45) is 11.8 Å². The Morgan fingerprint density at radius 2 is 1.68 bits per heavy atom. The molecule has 0 aliphatic heterocycles. The Hall–Kier alpha value is -2.43. The average molecular weight is 338 g/mol. The third-order valence-corrected chi connectivity index (χ3v) is 5.60. The number of hydrogen-bond acceptors (Lipinski definition) is 3. The van der Waals surface area contributed by atoms with Gasteiger partial charge in [0.1, 0.15) is 0 Å². The molecule has 1 amide bonds. The Balaban J connectivity index is 1.57. The molecular formula is C20H22N2O3. The van der Waals surface area contributed by atoms with Gasteiger partial charge in [-0.2, -0.15) is 0 Å². The van der Waals surface area contributed by atoms with Crippen LogP contribution < -0.4 is 5.32 Å². The number of hydrogen-bond donors (Lipinski definition) is 1. The summed E-state index contributed by atoms with van der Waals surface area (Å²) in [6.07, 6.45) is 7.50. The average Bonchev–Trinajstić information content (AvgIpc) is 2.89. The minimum Gasteiger partial charge on any atom is -0.348 e. The van der Waals surface area contributed by atoms with Crippen LogP contribution in [0.3, 0.4) is 0 Å². The van der Waals surface area contributed by atoms with E-state index in [2.05, 4.69) is 5.32 Å². The van der Waals surface area contributed by atoms with E-state index in [-0.39, 0.29) is 36.0 Å². The molecule has 2 aliphatic rings. The van der Waals surface area contributed by atoms with Crippen molar-refractivity contribution in [2.75, 3.05) is 6.54 Å². The number of carbonyl (C=O) groups excluding carboxylic acids is 3. The second-order valence-electron chi connectivity index (χ2n) is 7.16. The van der Waals surface area contributed by atoms with Crippen LogP contribution in [0.4, 0.5) is 0 Å². The smallest absolute Gasteiger partial charge is 0.234 e. The summed E-state index contributed by atoms with van der Waals surface area (Å²) < 4.78 is 1.63. The van der Waals surface area contributed by atoms with Crippen molar-refractivity contribution in [1.82, 2.24) is 9.88 Å². The standard InChI is InChI=1S/C20H22N2O3/c23-18(11-21-19(24)13-5-3-6-13)16-12-22(20(25)14-7-4-8-14)17-10-2-1-9-15(16)17/h1-2,9-10,12-14H,3-8,11H2,(H,21,24). The molecule has 2 aliphatic carbocycles. The molecule has 25 heavy (non-hydrogen) atoms. The molecule has 0 unspecified atom stereocenters. The summed E-state index contributed by atoms with van der Waals surface area (Å²) in [7, 11) is 0.